The van der Waals surface area contributed by atoms with Crippen molar-refractivity contribution in [1.29, 1.82) is 0 Å². The van der Waals surface area contributed by atoms with Gasteiger partial charge in [-0.3, -0.25) is 4.90 Å². The summed E-state index contributed by atoms with van der Waals surface area (Å²) >= 11 is 0. The Hall–Kier alpha value is -2.46. The van der Waals surface area contributed by atoms with E-state index in [0.29, 0.717) is 12.6 Å². The average molecular weight is 574 g/mol. The molecule has 0 spiro atoms. The van der Waals surface area contributed by atoms with Gasteiger partial charge in [-0.2, -0.15) is 0 Å². The van der Waals surface area contributed by atoms with E-state index in [1.54, 1.807) is 0 Å². The first-order chi connectivity index (χ1) is 16.1. The van der Waals surface area contributed by atoms with Crippen LogP contribution in [0.3, 0.4) is 0 Å². The van der Waals surface area contributed by atoms with E-state index < -0.39 is 0 Å². The molecule has 0 radical (unpaired) electrons. The predicted octanol–water partition coefficient (Wildman–Crippen LogP) is 4.20. The second-order valence-corrected chi connectivity index (χ2v) is 8.80. The van der Waals surface area contributed by atoms with Crippen molar-refractivity contribution in [1.82, 2.24) is 30.3 Å². The Balaban J connectivity index is 0.00000324. The van der Waals surface area contributed by atoms with Gasteiger partial charge in [-0.05, 0) is 44.4 Å². The van der Waals surface area contributed by atoms with Crippen molar-refractivity contribution in [2.75, 3.05) is 13.1 Å². The molecule has 1 saturated heterocycles. The smallest absolute Gasteiger partial charge is 0.192 e. The summed E-state index contributed by atoms with van der Waals surface area (Å²) in [6.45, 7) is 7.59. The van der Waals surface area contributed by atoms with E-state index in [2.05, 4.69) is 87.3 Å². The lowest BCUT2D eigenvalue weighted by Crippen LogP contribution is -2.45. The van der Waals surface area contributed by atoms with Crippen molar-refractivity contribution >= 4 is 29.9 Å². The summed E-state index contributed by atoms with van der Waals surface area (Å²) in [5, 5.41) is 15.6. The van der Waals surface area contributed by atoms with Crippen LogP contribution in [0.2, 0.25) is 0 Å². The Labute approximate surface area is 220 Å². The zero-order valence-corrected chi connectivity index (χ0v) is 22.6. The lowest BCUT2D eigenvalue weighted by molar-refractivity contribution is 0.245. The number of guanidine groups is 1. The maximum atomic E-state index is 4.86. The Morgan fingerprint density at radius 3 is 2.47 bits per heavy atom. The molecule has 0 saturated carbocycles. The summed E-state index contributed by atoms with van der Waals surface area (Å²) in [5.41, 5.74) is 2.60. The Morgan fingerprint density at radius 1 is 1.09 bits per heavy atom. The summed E-state index contributed by atoms with van der Waals surface area (Å²) in [6.07, 6.45) is 2.43. The molecule has 2 aromatic carbocycles. The summed E-state index contributed by atoms with van der Waals surface area (Å²) in [5.74, 6) is 2.55. The van der Waals surface area contributed by atoms with Gasteiger partial charge in [0.15, 0.2) is 11.8 Å². The van der Waals surface area contributed by atoms with Gasteiger partial charge in [0.1, 0.15) is 12.4 Å². The van der Waals surface area contributed by atoms with Crippen LogP contribution in [0, 0.1) is 6.92 Å². The van der Waals surface area contributed by atoms with Gasteiger partial charge in [-0.15, -0.1) is 34.2 Å². The first-order valence-electron chi connectivity index (χ1n) is 11.8. The van der Waals surface area contributed by atoms with E-state index in [1.807, 2.05) is 24.6 Å². The maximum Gasteiger partial charge on any atom is 0.192 e. The molecule has 34 heavy (non-hydrogen) atoms. The van der Waals surface area contributed by atoms with Crippen LogP contribution in [0.5, 0.6) is 0 Å². The van der Waals surface area contributed by atoms with Crippen LogP contribution in [0.4, 0.5) is 0 Å². The summed E-state index contributed by atoms with van der Waals surface area (Å²) in [7, 11) is 1.98. The minimum atomic E-state index is 0. The van der Waals surface area contributed by atoms with Crippen LogP contribution in [0.25, 0.3) is 0 Å². The summed E-state index contributed by atoms with van der Waals surface area (Å²) in [4.78, 5) is 7.43. The fourth-order valence-electron chi connectivity index (χ4n) is 4.29. The molecular weight excluding hydrogens is 537 g/mol. The monoisotopic (exact) mass is 573 g/mol. The van der Waals surface area contributed by atoms with E-state index in [9.17, 15) is 0 Å². The standard InChI is InChI=1S/C26H35N7.HI/c1-20(23-13-8-5-9-14-23)29-26(28-18-25-31-30-21(2)32(25)3)27-17-24-15-10-16-33(24)19-22-11-6-4-7-12-22;/h4-9,11-14,20,24H,10,15-19H2,1-3H3,(H2,27,28,29);1H. The number of benzene rings is 2. The number of nitrogens with zero attached hydrogens (tertiary/aromatic N) is 5. The van der Waals surface area contributed by atoms with Crippen molar-refractivity contribution in [3.63, 3.8) is 0 Å². The number of hydrogen-bond donors (Lipinski definition) is 2. The van der Waals surface area contributed by atoms with Gasteiger partial charge in [-0.25, -0.2) is 4.99 Å². The molecule has 4 rings (SSSR count). The lowest BCUT2D eigenvalue weighted by Gasteiger charge is -2.26. The van der Waals surface area contributed by atoms with Gasteiger partial charge in [-0.1, -0.05) is 60.7 Å². The molecule has 1 aromatic heterocycles. The van der Waals surface area contributed by atoms with Crippen molar-refractivity contribution in [3.05, 3.63) is 83.4 Å². The number of halogens is 1. The molecule has 1 aliphatic rings. The van der Waals surface area contributed by atoms with Gasteiger partial charge < -0.3 is 15.2 Å². The van der Waals surface area contributed by atoms with Crippen LogP contribution in [0.1, 0.15) is 48.6 Å². The molecule has 8 heteroatoms. The van der Waals surface area contributed by atoms with E-state index in [1.165, 1.54) is 24.0 Å². The zero-order chi connectivity index (χ0) is 23.0. The first-order valence-corrected chi connectivity index (χ1v) is 11.8. The van der Waals surface area contributed by atoms with Crippen LogP contribution in [-0.4, -0.2) is 44.8 Å². The van der Waals surface area contributed by atoms with Gasteiger partial charge in [0.05, 0.1) is 6.04 Å². The third kappa shape index (κ3) is 7.02. The molecule has 0 aliphatic carbocycles. The second kappa shape index (κ2) is 12.9. The molecule has 0 bridgehead atoms. The third-order valence-electron chi connectivity index (χ3n) is 6.45. The number of nitrogens with one attached hydrogen (secondary N) is 2. The van der Waals surface area contributed by atoms with E-state index in [-0.39, 0.29) is 30.0 Å². The fourth-order valence-corrected chi connectivity index (χ4v) is 4.29. The molecule has 1 fully saturated rings. The molecule has 2 N–H and O–H groups in total. The molecule has 2 atom stereocenters. The van der Waals surface area contributed by atoms with Gasteiger partial charge in [0.2, 0.25) is 0 Å². The van der Waals surface area contributed by atoms with Crippen LogP contribution < -0.4 is 10.6 Å². The normalized spacial score (nSPS) is 17.3. The quantitative estimate of drug-likeness (QED) is 0.240. The van der Waals surface area contributed by atoms with Crippen molar-refractivity contribution < 1.29 is 0 Å². The minimum absolute atomic E-state index is 0. The van der Waals surface area contributed by atoms with E-state index >= 15 is 0 Å². The third-order valence-corrected chi connectivity index (χ3v) is 6.45. The summed E-state index contributed by atoms with van der Waals surface area (Å²) < 4.78 is 1.99. The number of rotatable bonds is 8. The van der Waals surface area contributed by atoms with Crippen molar-refractivity contribution in [2.45, 2.75) is 51.9 Å². The SMILES string of the molecule is Cc1nnc(CN=C(NCC2CCCN2Cc2ccccc2)NC(C)c2ccccc2)n1C.I. The number of likely N-dealkylation sites (tertiary alicyclic amines) is 1. The lowest BCUT2D eigenvalue weighted by atomic mass is 10.1. The molecule has 2 unspecified atom stereocenters. The topological polar surface area (TPSA) is 70.4 Å². The van der Waals surface area contributed by atoms with Gasteiger partial charge >= 0.3 is 0 Å². The maximum absolute atomic E-state index is 4.86. The summed E-state index contributed by atoms with van der Waals surface area (Å²) in [6, 6.07) is 21.8. The molecule has 3 aromatic rings. The highest BCUT2D eigenvalue weighted by molar-refractivity contribution is 14.0. The number of aryl methyl sites for hydroxylation is 1. The number of aliphatic imine (C=N–C) groups is 1. The molecular formula is C26H36IN7. The Morgan fingerprint density at radius 2 is 1.79 bits per heavy atom. The Kier molecular flexibility index (Phi) is 9.88. The van der Waals surface area contributed by atoms with Crippen LogP contribution in [0.15, 0.2) is 65.7 Å². The molecule has 182 valence electrons. The molecule has 7 nitrogen and oxygen atoms in total. The predicted molar refractivity (Wildman–Crippen MR) is 148 cm³/mol. The van der Waals surface area contributed by atoms with Crippen molar-refractivity contribution in [2.24, 2.45) is 12.0 Å². The fraction of sp³-hybridized carbons (Fsp3) is 0.423. The number of aromatic nitrogens is 3. The first kappa shape index (κ1) is 26.2. The zero-order valence-electron chi connectivity index (χ0n) is 20.3. The van der Waals surface area contributed by atoms with Crippen LogP contribution >= 0.6 is 24.0 Å². The van der Waals surface area contributed by atoms with Crippen LogP contribution in [-0.2, 0) is 20.1 Å². The molecule has 1 aliphatic heterocycles. The van der Waals surface area contributed by atoms with Crippen molar-refractivity contribution in [3.8, 4) is 0 Å². The van der Waals surface area contributed by atoms with E-state index in [4.69, 9.17) is 4.99 Å². The Bertz CT molecular complexity index is 1040. The second-order valence-electron chi connectivity index (χ2n) is 8.80. The van der Waals surface area contributed by atoms with Gasteiger partial charge in [0, 0.05) is 26.2 Å². The number of hydrogen-bond acceptors (Lipinski definition) is 4. The average Bonchev–Trinajstić information content (AvgIpc) is 3.42. The van der Waals surface area contributed by atoms with E-state index in [0.717, 1.165) is 37.2 Å². The highest BCUT2D eigenvalue weighted by atomic mass is 127. The minimum Gasteiger partial charge on any atom is -0.355 e. The molecule has 2 heterocycles. The highest BCUT2D eigenvalue weighted by Crippen LogP contribution is 2.19. The highest BCUT2D eigenvalue weighted by Gasteiger charge is 2.24. The van der Waals surface area contributed by atoms with Gasteiger partial charge in [0.25, 0.3) is 0 Å². The largest absolute Gasteiger partial charge is 0.355 e. The molecule has 0 amide bonds.